The van der Waals surface area contributed by atoms with Gasteiger partial charge in [-0.05, 0) is 61.5 Å². The summed E-state index contributed by atoms with van der Waals surface area (Å²) in [5, 5.41) is 10.2. The molecule has 1 atom stereocenters. The van der Waals surface area contributed by atoms with E-state index < -0.39 is 0 Å². The highest BCUT2D eigenvalue weighted by Crippen LogP contribution is 2.30. The molecule has 2 aromatic rings. The van der Waals surface area contributed by atoms with E-state index in [1.807, 2.05) is 50.2 Å². The molecule has 7 heteroatoms. The predicted molar refractivity (Wildman–Crippen MR) is 113 cm³/mol. The van der Waals surface area contributed by atoms with Gasteiger partial charge in [-0.15, -0.1) is 0 Å². The highest BCUT2D eigenvalue weighted by Gasteiger charge is 2.30. The fourth-order valence-corrected chi connectivity index (χ4v) is 3.67. The van der Waals surface area contributed by atoms with Crippen molar-refractivity contribution in [2.24, 2.45) is 0 Å². The van der Waals surface area contributed by atoms with Crippen molar-refractivity contribution in [3.63, 3.8) is 0 Å². The van der Waals surface area contributed by atoms with Gasteiger partial charge in [0.2, 0.25) is 0 Å². The number of allylic oxidation sites excluding steroid dienone is 1. The van der Waals surface area contributed by atoms with E-state index in [9.17, 15) is 4.79 Å². The van der Waals surface area contributed by atoms with Gasteiger partial charge in [0.25, 0.3) is 5.91 Å². The number of aryl methyl sites for hydroxylation is 1. The maximum absolute atomic E-state index is 13.0. The minimum Gasteiger partial charge on any atom is -0.351 e. The zero-order valence-corrected chi connectivity index (χ0v) is 17.3. The molecule has 26 heavy (non-hydrogen) atoms. The van der Waals surface area contributed by atoms with Crippen LogP contribution in [-0.2, 0) is 4.79 Å². The first-order chi connectivity index (χ1) is 12.3. The molecule has 0 bridgehead atoms. The van der Waals surface area contributed by atoms with Crippen molar-refractivity contribution in [3.05, 3.63) is 74.4 Å². The first-order valence-electron chi connectivity index (χ1n) is 7.96. The van der Waals surface area contributed by atoms with E-state index in [1.165, 1.54) is 0 Å². The Bertz CT molecular complexity index is 929. The molecular formula is C19H17BrClN3OS. The summed E-state index contributed by atoms with van der Waals surface area (Å²) in [4.78, 5) is 13.0. The van der Waals surface area contributed by atoms with Gasteiger partial charge in [0.1, 0.15) is 0 Å². The zero-order valence-electron chi connectivity index (χ0n) is 14.2. The fourth-order valence-electron chi connectivity index (χ4n) is 2.80. The van der Waals surface area contributed by atoms with Crippen LogP contribution in [0.3, 0.4) is 0 Å². The molecule has 0 saturated heterocycles. The van der Waals surface area contributed by atoms with Crippen LogP contribution in [0.1, 0.15) is 24.1 Å². The highest BCUT2D eigenvalue weighted by atomic mass is 79.9. The Hall–Kier alpha value is -1.89. The molecule has 3 N–H and O–H groups in total. The zero-order chi connectivity index (χ0) is 18.8. The minimum atomic E-state index is -0.345. The van der Waals surface area contributed by atoms with E-state index in [4.69, 9.17) is 23.8 Å². The molecule has 1 amide bonds. The molecule has 0 aliphatic carbocycles. The van der Waals surface area contributed by atoms with E-state index in [-0.39, 0.29) is 11.9 Å². The van der Waals surface area contributed by atoms with Crippen molar-refractivity contribution < 1.29 is 4.79 Å². The molecule has 1 heterocycles. The minimum absolute atomic E-state index is 0.213. The summed E-state index contributed by atoms with van der Waals surface area (Å²) in [5.41, 5.74) is 3.84. The summed E-state index contributed by atoms with van der Waals surface area (Å²) in [7, 11) is 0. The van der Waals surface area contributed by atoms with Gasteiger partial charge in [-0.1, -0.05) is 45.7 Å². The molecule has 0 unspecified atom stereocenters. The molecule has 0 radical (unpaired) electrons. The smallest absolute Gasteiger partial charge is 0.255 e. The molecule has 134 valence electrons. The summed E-state index contributed by atoms with van der Waals surface area (Å²) < 4.78 is 0.934. The Balaban J connectivity index is 1.95. The van der Waals surface area contributed by atoms with Gasteiger partial charge in [-0.2, -0.15) is 0 Å². The summed E-state index contributed by atoms with van der Waals surface area (Å²) in [6, 6.07) is 12.9. The summed E-state index contributed by atoms with van der Waals surface area (Å²) in [6.07, 6.45) is 0. The molecule has 2 aromatic carbocycles. The van der Waals surface area contributed by atoms with Crippen molar-refractivity contribution in [1.82, 2.24) is 10.6 Å². The maximum atomic E-state index is 13.0. The molecule has 0 fully saturated rings. The van der Waals surface area contributed by atoms with Crippen molar-refractivity contribution in [3.8, 4) is 0 Å². The highest BCUT2D eigenvalue weighted by molar-refractivity contribution is 9.10. The number of hydrogen-bond donors (Lipinski definition) is 3. The van der Waals surface area contributed by atoms with Gasteiger partial charge < -0.3 is 16.0 Å². The number of carbonyl (C=O) groups excluding carboxylic acids is 1. The predicted octanol–water partition coefficient (Wildman–Crippen LogP) is 4.84. The van der Waals surface area contributed by atoms with E-state index in [1.54, 1.807) is 6.07 Å². The fraction of sp³-hybridized carbons (Fsp3) is 0.158. The van der Waals surface area contributed by atoms with Crippen LogP contribution in [0.15, 0.2) is 58.2 Å². The van der Waals surface area contributed by atoms with Gasteiger partial charge in [0.15, 0.2) is 5.11 Å². The second-order valence-electron chi connectivity index (χ2n) is 6.04. The van der Waals surface area contributed by atoms with Crippen LogP contribution in [0.5, 0.6) is 0 Å². The summed E-state index contributed by atoms with van der Waals surface area (Å²) >= 11 is 14.9. The average molecular weight is 451 g/mol. The Labute approximate surface area is 171 Å². The summed E-state index contributed by atoms with van der Waals surface area (Å²) in [5.74, 6) is -0.213. The van der Waals surface area contributed by atoms with Crippen LogP contribution in [0, 0.1) is 6.92 Å². The third-order valence-electron chi connectivity index (χ3n) is 4.13. The molecular weight excluding hydrogens is 434 g/mol. The second-order valence-corrected chi connectivity index (χ2v) is 7.77. The number of carbonyl (C=O) groups is 1. The monoisotopic (exact) mass is 449 g/mol. The molecule has 1 aliphatic rings. The molecule has 1 aliphatic heterocycles. The van der Waals surface area contributed by atoms with Gasteiger partial charge in [-0.25, -0.2) is 0 Å². The lowest BCUT2D eigenvalue weighted by Gasteiger charge is -2.30. The normalized spacial score (nSPS) is 16.8. The summed E-state index contributed by atoms with van der Waals surface area (Å²) in [6.45, 7) is 3.76. The maximum Gasteiger partial charge on any atom is 0.255 e. The molecule has 0 aromatic heterocycles. The lowest BCUT2D eigenvalue weighted by atomic mass is 9.95. The lowest BCUT2D eigenvalue weighted by Crippen LogP contribution is -2.45. The number of nitrogens with one attached hydrogen (secondary N) is 3. The van der Waals surface area contributed by atoms with Crippen LogP contribution >= 0.6 is 39.7 Å². The van der Waals surface area contributed by atoms with Crippen molar-refractivity contribution >= 4 is 56.5 Å². The van der Waals surface area contributed by atoms with Crippen molar-refractivity contribution in [2.45, 2.75) is 19.9 Å². The van der Waals surface area contributed by atoms with Crippen LogP contribution in [0.4, 0.5) is 5.69 Å². The number of hydrogen-bond acceptors (Lipinski definition) is 2. The quantitative estimate of drug-likeness (QED) is 0.586. The average Bonchev–Trinajstić information content (AvgIpc) is 2.57. The Kier molecular flexibility index (Phi) is 5.65. The van der Waals surface area contributed by atoms with E-state index >= 15 is 0 Å². The van der Waals surface area contributed by atoms with Crippen molar-refractivity contribution in [1.29, 1.82) is 0 Å². The van der Waals surface area contributed by atoms with E-state index in [0.717, 1.165) is 21.3 Å². The number of anilines is 1. The third kappa shape index (κ3) is 4.09. The van der Waals surface area contributed by atoms with Crippen LogP contribution in [-0.4, -0.2) is 11.0 Å². The van der Waals surface area contributed by atoms with Crippen LogP contribution in [0.25, 0.3) is 0 Å². The van der Waals surface area contributed by atoms with Crippen LogP contribution in [0.2, 0.25) is 5.02 Å². The third-order valence-corrected chi connectivity index (χ3v) is 5.25. The first-order valence-corrected chi connectivity index (χ1v) is 9.54. The number of amides is 1. The Morgan fingerprint density at radius 1 is 1.23 bits per heavy atom. The number of thiocarbonyl (C=S) groups is 1. The SMILES string of the molecule is CC1=C(C(=O)Nc2ccc(C)c(Cl)c2)[C@H](c2cccc(Br)c2)NC(=S)N1. The molecule has 4 nitrogen and oxygen atoms in total. The van der Waals surface area contributed by atoms with E-state index in [0.29, 0.717) is 21.4 Å². The lowest BCUT2D eigenvalue weighted by molar-refractivity contribution is -0.113. The standard InChI is InChI=1S/C19H17BrClN3OS/c1-10-6-7-14(9-15(10)21)23-18(25)16-11(2)22-19(26)24-17(16)12-4-3-5-13(20)8-12/h3-9,17H,1-2H3,(H,23,25)(H2,22,24,26)/t17-/m0/s1. The van der Waals surface area contributed by atoms with Gasteiger partial charge in [0, 0.05) is 20.9 Å². The Morgan fingerprint density at radius 3 is 2.69 bits per heavy atom. The molecule has 3 rings (SSSR count). The number of rotatable bonds is 3. The number of halogens is 2. The Morgan fingerprint density at radius 2 is 2.00 bits per heavy atom. The van der Waals surface area contributed by atoms with Crippen LogP contribution < -0.4 is 16.0 Å². The largest absolute Gasteiger partial charge is 0.351 e. The van der Waals surface area contributed by atoms with Gasteiger partial charge in [-0.3, -0.25) is 4.79 Å². The first kappa shape index (κ1) is 18.9. The second kappa shape index (κ2) is 7.78. The molecule has 0 spiro atoms. The number of benzene rings is 2. The van der Waals surface area contributed by atoms with Crippen molar-refractivity contribution in [2.75, 3.05) is 5.32 Å². The molecule has 0 saturated carbocycles. The topological polar surface area (TPSA) is 53.2 Å². The van der Waals surface area contributed by atoms with E-state index in [2.05, 4.69) is 31.9 Å². The van der Waals surface area contributed by atoms with Gasteiger partial charge in [0.05, 0.1) is 11.6 Å². The van der Waals surface area contributed by atoms with Gasteiger partial charge >= 0.3 is 0 Å².